The quantitative estimate of drug-likeness (QED) is 0.851. The van der Waals surface area contributed by atoms with Crippen molar-refractivity contribution >= 4 is 21.6 Å². The van der Waals surface area contributed by atoms with Gasteiger partial charge in [0.2, 0.25) is 0 Å². The lowest BCUT2D eigenvalue weighted by Crippen LogP contribution is -2.43. The highest BCUT2D eigenvalue weighted by molar-refractivity contribution is 7.91. The van der Waals surface area contributed by atoms with Crippen LogP contribution in [0.5, 0.6) is 0 Å². The number of nitrogens with one attached hydrogen (secondary N) is 1. The van der Waals surface area contributed by atoms with Crippen LogP contribution in [0.25, 0.3) is 0 Å². The van der Waals surface area contributed by atoms with Crippen molar-refractivity contribution < 1.29 is 13.2 Å². The molecule has 1 amide bonds. The molecule has 1 aromatic heterocycles. The molecule has 6 nitrogen and oxygen atoms in total. The summed E-state index contributed by atoms with van der Waals surface area (Å²) in [6.07, 6.45) is 8.11. The molecule has 144 valence electrons. The van der Waals surface area contributed by atoms with E-state index in [1.54, 1.807) is 17.2 Å². The van der Waals surface area contributed by atoms with E-state index in [4.69, 9.17) is 0 Å². The second-order valence-corrected chi connectivity index (χ2v) is 10.0. The summed E-state index contributed by atoms with van der Waals surface area (Å²) in [5.74, 6) is 2.39. The van der Waals surface area contributed by atoms with Crippen molar-refractivity contribution in [2.45, 2.75) is 39.0 Å². The van der Waals surface area contributed by atoms with Gasteiger partial charge in [0, 0.05) is 25.8 Å². The van der Waals surface area contributed by atoms with Gasteiger partial charge in [-0.05, 0) is 36.8 Å². The Balaban J connectivity index is 1.46. The van der Waals surface area contributed by atoms with Crippen molar-refractivity contribution in [2.24, 2.45) is 11.8 Å². The Labute approximate surface area is 156 Å². The standard InChI is InChI=1S/C19H29N3O3S/c1-15-3-2-4-16(13-15)7-8-20-18-6-5-17(14-21-18)19(23)22-9-11-26(24,25)12-10-22/h5-6,14-16H,2-4,7-13H2,1H3,(H,20,21). The van der Waals surface area contributed by atoms with Gasteiger partial charge in [-0.15, -0.1) is 0 Å². The van der Waals surface area contributed by atoms with Gasteiger partial charge in [-0.25, -0.2) is 13.4 Å². The number of amides is 1. The van der Waals surface area contributed by atoms with Crippen molar-refractivity contribution in [2.75, 3.05) is 36.5 Å². The van der Waals surface area contributed by atoms with Gasteiger partial charge < -0.3 is 10.2 Å². The first-order valence-electron chi connectivity index (χ1n) is 9.62. The number of aromatic nitrogens is 1. The summed E-state index contributed by atoms with van der Waals surface area (Å²) in [6, 6.07) is 3.60. The third-order valence-corrected chi connectivity index (χ3v) is 7.15. The molecule has 26 heavy (non-hydrogen) atoms. The first-order valence-corrected chi connectivity index (χ1v) is 11.4. The maximum atomic E-state index is 12.4. The van der Waals surface area contributed by atoms with Crippen LogP contribution in [-0.2, 0) is 9.84 Å². The topological polar surface area (TPSA) is 79.4 Å². The zero-order valence-corrected chi connectivity index (χ0v) is 16.3. The zero-order chi connectivity index (χ0) is 18.6. The summed E-state index contributed by atoms with van der Waals surface area (Å²) in [7, 11) is -2.98. The molecule has 1 saturated heterocycles. The molecule has 0 radical (unpaired) electrons. The summed E-state index contributed by atoms with van der Waals surface area (Å²) < 4.78 is 22.9. The van der Waals surface area contributed by atoms with Crippen LogP contribution in [0.2, 0.25) is 0 Å². The normalized spacial score (nSPS) is 25.7. The Kier molecular flexibility index (Phi) is 6.16. The number of hydrogen-bond acceptors (Lipinski definition) is 5. The van der Waals surface area contributed by atoms with Crippen molar-refractivity contribution in [3.05, 3.63) is 23.9 Å². The Morgan fingerprint density at radius 3 is 2.69 bits per heavy atom. The lowest BCUT2D eigenvalue weighted by molar-refractivity contribution is 0.0770. The molecule has 1 aliphatic carbocycles. The van der Waals surface area contributed by atoms with E-state index in [2.05, 4.69) is 17.2 Å². The molecule has 0 aromatic carbocycles. The van der Waals surface area contributed by atoms with Gasteiger partial charge in [0.25, 0.3) is 5.91 Å². The number of anilines is 1. The minimum absolute atomic E-state index is 0.0472. The molecule has 0 bridgehead atoms. The van der Waals surface area contributed by atoms with E-state index in [9.17, 15) is 13.2 Å². The highest BCUT2D eigenvalue weighted by Gasteiger charge is 2.25. The van der Waals surface area contributed by atoms with Crippen LogP contribution in [0, 0.1) is 11.8 Å². The largest absolute Gasteiger partial charge is 0.370 e. The predicted octanol–water partition coefficient (Wildman–Crippen LogP) is 2.58. The first kappa shape index (κ1) is 19.1. The predicted molar refractivity (Wildman–Crippen MR) is 103 cm³/mol. The molecule has 7 heteroatoms. The van der Waals surface area contributed by atoms with Crippen LogP contribution in [0.3, 0.4) is 0 Å². The number of nitrogens with zero attached hydrogens (tertiary/aromatic N) is 2. The fraction of sp³-hybridized carbons (Fsp3) is 0.684. The Bertz CT molecular complexity index is 704. The van der Waals surface area contributed by atoms with E-state index in [0.717, 1.165) is 30.6 Å². The number of pyridine rings is 1. The van der Waals surface area contributed by atoms with Crippen LogP contribution in [-0.4, -0.2) is 55.3 Å². The average Bonchev–Trinajstić information content (AvgIpc) is 2.62. The van der Waals surface area contributed by atoms with Crippen molar-refractivity contribution in [3.8, 4) is 0 Å². The number of sulfone groups is 1. The maximum absolute atomic E-state index is 12.4. The molecule has 1 aliphatic heterocycles. The summed E-state index contributed by atoms with van der Waals surface area (Å²) in [5, 5.41) is 3.35. The highest BCUT2D eigenvalue weighted by atomic mass is 32.2. The van der Waals surface area contributed by atoms with E-state index in [0.29, 0.717) is 5.56 Å². The summed E-state index contributed by atoms with van der Waals surface area (Å²) in [4.78, 5) is 18.4. The van der Waals surface area contributed by atoms with Crippen LogP contribution in [0.4, 0.5) is 5.82 Å². The summed E-state index contributed by atoms with van der Waals surface area (Å²) in [5.41, 5.74) is 0.510. The van der Waals surface area contributed by atoms with Crippen LogP contribution in [0.1, 0.15) is 49.4 Å². The molecular formula is C19H29N3O3S. The number of carbonyl (C=O) groups is 1. The van der Waals surface area contributed by atoms with Crippen molar-refractivity contribution in [1.82, 2.24) is 9.88 Å². The zero-order valence-electron chi connectivity index (χ0n) is 15.5. The van der Waals surface area contributed by atoms with Crippen LogP contribution < -0.4 is 5.32 Å². The Morgan fingerprint density at radius 2 is 2.04 bits per heavy atom. The van der Waals surface area contributed by atoms with E-state index in [1.807, 2.05) is 6.07 Å². The summed E-state index contributed by atoms with van der Waals surface area (Å²) >= 11 is 0. The minimum atomic E-state index is -2.98. The minimum Gasteiger partial charge on any atom is -0.370 e. The first-order chi connectivity index (χ1) is 12.4. The molecule has 1 N–H and O–H groups in total. The molecule has 2 atom stereocenters. The fourth-order valence-electron chi connectivity index (χ4n) is 3.95. The third kappa shape index (κ3) is 5.19. The van der Waals surface area contributed by atoms with Crippen LogP contribution in [0.15, 0.2) is 18.3 Å². The van der Waals surface area contributed by atoms with Gasteiger partial charge in [0.05, 0.1) is 17.1 Å². The van der Waals surface area contributed by atoms with Gasteiger partial charge >= 0.3 is 0 Å². The molecule has 2 fully saturated rings. The van der Waals surface area contributed by atoms with E-state index >= 15 is 0 Å². The summed E-state index contributed by atoms with van der Waals surface area (Å²) in [6.45, 7) is 3.78. The maximum Gasteiger partial charge on any atom is 0.255 e. The molecule has 1 aromatic rings. The molecule has 1 saturated carbocycles. The second-order valence-electron chi connectivity index (χ2n) is 7.73. The van der Waals surface area contributed by atoms with Gasteiger partial charge in [-0.1, -0.05) is 26.2 Å². The van der Waals surface area contributed by atoms with Gasteiger partial charge in [-0.2, -0.15) is 0 Å². The van der Waals surface area contributed by atoms with Crippen molar-refractivity contribution in [3.63, 3.8) is 0 Å². The Morgan fingerprint density at radius 1 is 1.27 bits per heavy atom. The number of carbonyl (C=O) groups excluding carboxylic acids is 1. The second kappa shape index (κ2) is 8.37. The van der Waals surface area contributed by atoms with E-state index in [1.165, 1.54) is 25.7 Å². The monoisotopic (exact) mass is 379 g/mol. The lowest BCUT2D eigenvalue weighted by Gasteiger charge is -2.27. The molecule has 0 spiro atoms. The molecular weight excluding hydrogens is 350 g/mol. The third-order valence-electron chi connectivity index (χ3n) is 5.55. The van der Waals surface area contributed by atoms with Gasteiger partial charge in [0.1, 0.15) is 5.82 Å². The smallest absolute Gasteiger partial charge is 0.255 e. The molecule has 2 heterocycles. The highest BCUT2D eigenvalue weighted by Crippen LogP contribution is 2.30. The lowest BCUT2D eigenvalue weighted by atomic mass is 9.81. The van der Waals surface area contributed by atoms with Gasteiger partial charge in [-0.3, -0.25) is 4.79 Å². The Hall–Kier alpha value is -1.63. The van der Waals surface area contributed by atoms with E-state index < -0.39 is 9.84 Å². The SMILES string of the molecule is CC1CCCC(CCNc2ccc(C(=O)N3CCS(=O)(=O)CC3)cn2)C1. The molecule has 3 rings (SSSR count). The fourth-order valence-corrected chi connectivity index (χ4v) is 5.15. The number of rotatable bonds is 5. The number of hydrogen-bond donors (Lipinski definition) is 1. The molecule has 2 unspecified atom stereocenters. The molecule has 2 aliphatic rings. The van der Waals surface area contributed by atoms with Crippen molar-refractivity contribution in [1.29, 1.82) is 0 Å². The van der Waals surface area contributed by atoms with E-state index in [-0.39, 0.29) is 30.5 Å². The average molecular weight is 380 g/mol. The van der Waals surface area contributed by atoms with Gasteiger partial charge in [0.15, 0.2) is 9.84 Å². The van der Waals surface area contributed by atoms with Crippen LogP contribution >= 0.6 is 0 Å².